The zero-order valence-corrected chi connectivity index (χ0v) is 53.1. The minimum Gasteiger partial charge on any atom is -0.497 e. The van der Waals surface area contributed by atoms with Crippen molar-refractivity contribution in [2.75, 3.05) is 40.8 Å². The van der Waals surface area contributed by atoms with E-state index in [4.69, 9.17) is 4.74 Å². The fourth-order valence-corrected chi connectivity index (χ4v) is 12.0. The summed E-state index contributed by atoms with van der Waals surface area (Å²) < 4.78 is 5.42. The number of nitro groups is 1. The maximum absolute atomic E-state index is 11.1. The third-order valence-electron chi connectivity index (χ3n) is 17.2. The molecule has 460 valence electrons. The van der Waals surface area contributed by atoms with Crippen LogP contribution in [0, 0.1) is 10.1 Å². The molecular weight excluding hydrogens is 1160 g/mol. The van der Waals surface area contributed by atoms with Crippen LogP contribution in [0.1, 0.15) is 0 Å². The summed E-state index contributed by atoms with van der Waals surface area (Å²) in [4.78, 5) is 19.5. The zero-order chi connectivity index (χ0) is 64.9. The van der Waals surface area contributed by atoms with Gasteiger partial charge >= 0.3 is 0 Å². The summed E-state index contributed by atoms with van der Waals surface area (Å²) in [5.74, 6) is 0.846. The van der Waals surface area contributed by atoms with Gasteiger partial charge in [-0.2, -0.15) is 0 Å². The molecule has 0 heterocycles. The van der Waals surface area contributed by atoms with E-state index in [0.717, 1.165) is 84.9 Å². The van der Waals surface area contributed by atoms with Crippen LogP contribution in [0.3, 0.4) is 0 Å². The Bertz CT molecular complexity index is 4680. The van der Waals surface area contributed by atoms with Crippen molar-refractivity contribution in [3.8, 4) is 72.5 Å². The number of hydrogen-bond acceptors (Lipinski definition) is 7. The molecule has 0 N–H and O–H groups in total. The minimum atomic E-state index is -0.382. The van der Waals surface area contributed by atoms with Crippen LogP contribution >= 0.6 is 0 Å². The summed E-state index contributed by atoms with van der Waals surface area (Å²) >= 11 is 0. The van der Waals surface area contributed by atoms with Gasteiger partial charge in [0.2, 0.25) is 0 Å². The second-order valence-corrected chi connectivity index (χ2v) is 23.1. The van der Waals surface area contributed by atoms with E-state index in [1.165, 1.54) is 56.6 Å². The lowest BCUT2D eigenvalue weighted by Crippen LogP contribution is -2.10. The number of rotatable bonds is 18. The second kappa shape index (κ2) is 28.8. The van der Waals surface area contributed by atoms with Gasteiger partial charge in [0.1, 0.15) is 5.75 Å². The number of non-ortho nitro benzene ring substituents is 1. The molecule has 0 amide bonds. The van der Waals surface area contributed by atoms with E-state index in [0.29, 0.717) is 0 Å². The predicted octanol–water partition coefficient (Wildman–Crippen LogP) is 23.8. The van der Waals surface area contributed by atoms with E-state index in [2.05, 4.69) is 331 Å². The molecular formula is C87H69N5O3. The topological polar surface area (TPSA) is 65.3 Å². The largest absolute Gasteiger partial charge is 0.497 e. The fourth-order valence-electron chi connectivity index (χ4n) is 12.0. The molecule has 0 bridgehead atoms. The van der Waals surface area contributed by atoms with Crippen molar-refractivity contribution in [3.63, 3.8) is 0 Å². The third-order valence-corrected chi connectivity index (χ3v) is 17.2. The van der Waals surface area contributed by atoms with Crippen LogP contribution in [0.15, 0.2) is 364 Å². The van der Waals surface area contributed by atoms with Crippen LogP contribution in [0.2, 0.25) is 0 Å². The molecule has 0 fully saturated rings. The first kappa shape index (κ1) is 61.3. The lowest BCUT2D eigenvalue weighted by molar-refractivity contribution is -0.384. The molecule has 14 aromatic carbocycles. The van der Waals surface area contributed by atoms with Gasteiger partial charge in [0.05, 0.1) is 12.0 Å². The van der Waals surface area contributed by atoms with Crippen LogP contribution in [0.4, 0.5) is 62.6 Å². The molecule has 0 aromatic heterocycles. The lowest BCUT2D eigenvalue weighted by atomic mass is 10.0. The van der Waals surface area contributed by atoms with Gasteiger partial charge in [-0.25, -0.2) is 0 Å². The highest BCUT2D eigenvalue weighted by Gasteiger charge is 2.18. The van der Waals surface area contributed by atoms with E-state index in [9.17, 15) is 10.1 Å². The van der Waals surface area contributed by atoms with E-state index in [1.54, 1.807) is 19.2 Å². The Morgan fingerprint density at radius 2 is 0.484 bits per heavy atom. The second-order valence-electron chi connectivity index (χ2n) is 23.1. The fraction of sp³-hybridized carbons (Fsp3) is 0.0345. The quantitative estimate of drug-likeness (QED) is 0.0626. The Morgan fingerprint density at radius 3 is 0.779 bits per heavy atom. The van der Waals surface area contributed by atoms with Crippen molar-refractivity contribution in [2.45, 2.75) is 0 Å². The maximum atomic E-state index is 11.1. The van der Waals surface area contributed by atoms with Crippen LogP contribution in [0.5, 0.6) is 5.75 Å². The highest BCUT2D eigenvalue weighted by atomic mass is 16.6. The van der Waals surface area contributed by atoms with Gasteiger partial charge in [-0.15, -0.1) is 0 Å². The number of anilines is 10. The van der Waals surface area contributed by atoms with E-state index in [-0.39, 0.29) is 10.6 Å². The number of benzene rings is 14. The Morgan fingerprint density at radius 1 is 0.242 bits per heavy atom. The first-order valence-electron chi connectivity index (χ1n) is 31.7. The SMILES string of the molecule is CN(c1ccc(-c2ccc(N(c3cccc(-c4ccccc4)c3)c3cccc(-c4ccccc4)c3)cc2)cc1)c1ccc([N+](=O)[O-])cc1.COc1cccc(N(C)c2ccc(-c3ccc(N(c4cccc(-c5ccccc5)c4)c4cccc(-c5ccccc5)c4)cc3)cc2)c1. The number of hydrogen-bond donors (Lipinski definition) is 0. The number of nitro benzene ring substituents is 1. The molecule has 8 heteroatoms. The van der Waals surface area contributed by atoms with Gasteiger partial charge in [0.15, 0.2) is 0 Å². The van der Waals surface area contributed by atoms with Crippen molar-refractivity contribution in [1.29, 1.82) is 0 Å². The van der Waals surface area contributed by atoms with Gasteiger partial charge in [-0.3, -0.25) is 10.1 Å². The number of methoxy groups -OCH3 is 1. The van der Waals surface area contributed by atoms with Crippen molar-refractivity contribution < 1.29 is 9.66 Å². The van der Waals surface area contributed by atoms with E-state index < -0.39 is 0 Å². The summed E-state index contributed by atoms with van der Waals surface area (Å²) in [5, 5.41) is 11.1. The molecule has 8 nitrogen and oxygen atoms in total. The Labute approximate surface area is 556 Å². The van der Waals surface area contributed by atoms with Crippen LogP contribution < -0.4 is 24.3 Å². The summed E-state index contributed by atoms with van der Waals surface area (Å²) in [6.45, 7) is 0. The van der Waals surface area contributed by atoms with Gasteiger partial charge in [-0.05, 0) is 188 Å². The molecule has 0 saturated heterocycles. The minimum absolute atomic E-state index is 0.0808. The molecule has 0 radical (unpaired) electrons. The van der Waals surface area contributed by atoms with Crippen molar-refractivity contribution in [3.05, 3.63) is 374 Å². The molecule has 0 aliphatic carbocycles. The molecule has 0 aliphatic heterocycles. The highest BCUT2D eigenvalue weighted by molar-refractivity contribution is 5.86. The van der Waals surface area contributed by atoms with E-state index >= 15 is 0 Å². The lowest BCUT2D eigenvalue weighted by Gasteiger charge is -2.27. The van der Waals surface area contributed by atoms with Crippen LogP contribution in [-0.2, 0) is 0 Å². The average molecular weight is 1230 g/mol. The van der Waals surface area contributed by atoms with Gasteiger partial charge < -0.3 is 24.3 Å². The van der Waals surface area contributed by atoms with Crippen molar-refractivity contribution in [1.82, 2.24) is 0 Å². The zero-order valence-electron chi connectivity index (χ0n) is 53.1. The molecule has 0 saturated carbocycles. The first-order chi connectivity index (χ1) is 46.7. The van der Waals surface area contributed by atoms with E-state index in [1.807, 2.05) is 42.3 Å². The van der Waals surface area contributed by atoms with Crippen LogP contribution in [0.25, 0.3) is 66.8 Å². The van der Waals surface area contributed by atoms with Crippen molar-refractivity contribution >= 4 is 62.6 Å². The highest BCUT2D eigenvalue weighted by Crippen LogP contribution is 2.42. The van der Waals surface area contributed by atoms with Gasteiger partial charge in [-0.1, -0.05) is 224 Å². The Kier molecular flexibility index (Phi) is 18.6. The molecule has 0 atom stereocenters. The summed E-state index contributed by atoms with van der Waals surface area (Å²) in [5.41, 5.74) is 24.6. The third kappa shape index (κ3) is 14.3. The molecule has 0 unspecified atom stereocenters. The normalized spacial score (nSPS) is 10.8. The van der Waals surface area contributed by atoms with Gasteiger partial charge in [0, 0.05) is 89.2 Å². The molecule has 14 aromatic rings. The molecule has 0 aliphatic rings. The summed E-state index contributed by atoms with van der Waals surface area (Å²) in [7, 11) is 5.73. The number of ether oxygens (including phenoxy) is 1. The monoisotopic (exact) mass is 1230 g/mol. The summed E-state index contributed by atoms with van der Waals surface area (Å²) in [6.07, 6.45) is 0. The predicted molar refractivity (Wildman–Crippen MR) is 397 cm³/mol. The first-order valence-corrected chi connectivity index (χ1v) is 31.7. The maximum Gasteiger partial charge on any atom is 0.269 e. The van der Waals surface area contributed by atoms with Gasteiger partial charge in [0.25, 0.3) is 5.69 Å². The Balaban J connectivity index is 0.000000172. The molecule has 95 heavy (non-hydrogen) atoms. The smallest absolute Gasteiger partial charge is 0.269 e. The van der Waals surface area contributed by atoms with Crippen LogP contribution in [-0.4, -0.2) is 26.1 Å². The van der Waals surface area contributed by atoms with Crippen molar-refractivity contribution in [2.24, 2.45) is 0 Å². The molecule has 0 spiro atoms. The molecule has 14 rings (SSSR count). The number of nitrogens with zero attached hydrogens (tertiary/aromatic N) is 5. The Hall–Kier alpha value is -12.5. The summed E-state index contributed by atoms with van der Waals surface area (Å²) in [6, 6.07) is 126. The standard InChI is InChI=1S/C44H36N2O.C43H33N3O2/c1-45(41-18-11-21-44(32-41)47-2)39-26-22-35(23-27-39)36-24-28-40(29-25-36)46(42-19-9-16-37(30-42)33-12-5-3-6-13-33)43-20-10-17-38(31-43)34-14-7-4-8-15-34;1-44(39-26-28-41(29-27-39)46(47)48)38-22-18-34(19-23-38)35-20-24-40(25-21-35)45(42-16-8-14-36(30-42)32-10-4-2-5-11-32)43-17-9-15-37(31-43)33-12-6-3-7-13-33/h3-32H,1-2H3;2-31H,1H3. The average Bonchev–Trinajstić information content (AvgIpc) is 0.859.